The van der Waals surface area contributed by atoms with Gasteiger partial charge >= 0.3 is 6.18 Å². The SMILES string of the molecule is NCNc1ncc([C@]2(O)CC[C@H](N3CC(NC(=O)CNC(=O)c4cccc(C(F)(F)F)c4)C3)CC2)s1. The van der Waals surface area contributed by atoms with Gasteiger partial charge in [0.15, 0.2) is 5.13 Å². The van der Waals surface area contributed by atoms with Gasteiger partial charge in [-0.2, -0.15) is 13.2 Å². The summed E-state index contributed by atoms with van der Waals surface area (Å²) >= 11 is 1.41. The third-order valence-corrected chi connectivity index (χ3v) is 7.80. The summed E-state index contributed by atoms with van der Waals surface area (Å²) < 4.78 is 38.5. The number of nitrogens with one attached hydrogen (secondary N) is 3. The van der Waals surface area contributed by atoms with E-state index in [9.17, 15) is 27.9 Å². The second kappa shape index (κ2) is 10.7. The van der Waals surface area contributed by atoms with Crippen LogP contribution in [0.5, 0.6) is 0 Å². The largest absolute Gasteiger partial charge is 0.416 e. The predicted molar refractivity (Wildman–Crippen MR) is 128 cm³/mol. The van der Waals surface area contributed by atoms with Gasteiger partial charge in [0.25, 0.3) is 5.91 Å². The molecule has 2 heterocycles. The number of benzene rings is 1. The van der Waals surface area contributed by atoms with Crippen molar-refractivity contribution in [3.8, 4) is 0 Å². The molecule has 4 rings (SSSR count). The summed E-state index contributed by atoms with van der Waals surface area (Å²) in [5.41, 5.74) is 3.51. The molecule has 9 nitrogen and oxygen atoms in total. The normalized spacial score (nSPS) is 23.1. The highest BCUT2D eigenvalue weighted by atomic mass is 32.1. The van der Waals surface area contributed by atoms with E-state index in [1.165, 1.54) is 17.4 Å². The fraction of sp³-hybridized carbons (Fsp3) is 0.522. The van der Waals surface area contributed by atoms with Crippen LogP contribution >= 0.6 is 11.3 Å². The van der Waals surface area contributed by atoms with Gasteiger partial charge in [-0.3, -0.25) is 14.5 Å². The zero-order valence-corrected chi connectivity index (χ0v) is 20.3. The van der Waals surface area contributed by atoms with E-state index < -0.39 is 29.2 Å². The molecule has 0 spiro atoms. The first-order valence-corrected chi connectivity index (χ1v) is 12.5. The molecule has 0 bridgehead atoms. The first-order chi connectivity index (χ1) is 17.1. The topological polar surface area (TPSA) is 133 Å². The maximum absolute atomic E-state index is 12.8. The van der Waals surface area contributed by atoms with Crippen LogP contribution < -0.4 is 21.7 Å². The van der Waals surface area contributed by atoms with Crippen LogP contribution in [0, 0.1) is 0 Å². The number of carbonyl (C=O) groups is 2. The van der Waals surface area contributed by atoms with Crippen molar-refractivity contribution in [3.05, 3.63) is 46.5 Å². The second-order valence-electron chi connectivity index (χ2n) is 9.15. The van der Waals surface area contributed by atoms with E-state index in [1.807, 2.05) is 0 Å². The maximum atomic E-state index is 12.8. The monoisotopic (exact) mass is 526 g/mol. The van der Waals surface area contributed by atoms with E-state index in [2.05, 4.69) is 25.8 Å². The molecule has 1 saturated carbocycles. The molecule has 1 aromatic carbocycles. The number of likely N-dealkylation sites (tertiary alicyclic amines) is 1. The molecule has 196 valence electrons. The number of halogens is 3. The van der Waals surface area contributed by atoms with Crippen molar-refractivity contribution in [2.24, 2.45) is 5.73 Å². The predicted octanol–water partition coefficient (Wildman–Crippen LogP) is 1.85. The third-order valence-electron chi connectivity index (χ3n) is 6.65. The molecule has 2 amide bonds. The van der Waals surface area contributed by atoms with Crippen LogP contribution in [0.4, 0.5) is 18.3 Å². The molecule has 0 unspecified atom stereocenters. The molecule has 1 aliphatic heterocycles. The zero-order valence-electron chi connectivity index (χ0n) is 19.5. The highest BCUT2D eigenvalue weighted by Crippen LogP contribution is 2.42. The lowest BCUT2D eigenvalue weighted by Crippen LogP contribution is -2.63. The Hall–Kier alpha value is -2.74. The molecule has 1 aliphatic carbocycles. The smallest absolute Gasteiger partial charge is 0.384 e. The number of rotatable bonds is 8. The molecule has 36 heavy (non-hydrogen) atoms. The van der Waals surface area contributed by atoms with Crippen LogP contribution in [0.1, 0.15) is 46.5 Å². The molecule has 2 aliphatic rings. The Morgan fingerprint density at radius 2 is 1.97 bits per heavy atom. The summed E-state index contributed by atoms with van der Waals surface area (Å²) in [6.07, 6.45) is 0.0367. The summed E-state index contributed by atoms with van der Waals surface area (Å²) in [4.78, 5) is 31.7. The van der Waals surface area contributed by atoms with Gasteiger partial charge in [-0.1, -0.05) is 17.4 Å². The van der Waals surface area contributed by atoms with E-state index in [0.29, 0.717) is 37.1 Å². The molecule has 1 aromatic heterocycles. The minimum atomic E-state index is -4.55. The average Bonchev–Trinajstić information content (AvgIpc) is 3.30. The third kappa shape index (κ3) is 6.14. The molecule has 13 heteroatoms. The number of nitrogens with zero attached hydrogens (tertiary/aromatic N) is 2. The van der Waals surface area contributed by atoms with Crippen molar-refractivity contribution in [2.45, 2.75) is 49.5 Å². The Morgan fingerprint density at radius 1 is 1.25 bits per heavy atom. The number of thiazole rings is 1. The van der Waals surface area contributed by atoms with Gasteiger partial charge in [-0.25, -0.2) is 4.98 Å². The number of amides is 2. The Bertz CT molecular complexity index is 1080. The number of hydrogen-bond donors (Lipinski definition) is 5. The summed E-state index contributed by atoms with van der Waals surface area (Å²) in [5, 5.41) is 19.9. The molecule has 2 fully saturated rings. The Balaban J connectivity index is 1.17. The van der Waals surface area contributed by atoms with Crippen molar-refractivity contribution in [1.82, 2.24) is 20.5 Å². The van der Waals surface area contributed by atoms with Crippen LogP contribution in [0.25, 0.3) is 0 Å². The number of aromatic nitrogens is 1. The van der Waals surface area contributed by atoms with Crippen LogP contribution in [-0.2, 0) is 16.6 Å². The second-order valence-corrected chi connectivity index (χ2v) is 10.2. The first-order valence-electron chi connectivity index (χ1n) is 11.7. The molecule has 6 N–H and O–H groups in total. The summed E-state index contributed by atoms with van der Waals surface area (Å²) in [6.45, 7) is 1.29. The highest BCUT2D eigenvalue weighted by molar-refractivity contribution is 7.15. The first kappa shape index (κ1) is 26.3. The Labute approximate surface area is 210 Å². The standard InChI is InChI=1S/C23H29F3N6O3S/c24-23(25,26)15-3-1-2-14(8-15)20(34)28-10-19(33)31-16-11-32(12-16)17-4-6-22(35,7-5-17)18-9-29-21(36-18)30-13-27/h1-3,8-9,16-17,35H,4-7,10-13,27H2,(H,28,34)(H,29,30)(H,31,33)/t17-,22-. The number of carbonyl (C=O) groups excluding carboxylic acids is 2. The number of anilines is 1. The summed E-state index contributed by atoms with van der Waals surface area (Å²) in [6, 6.07) is 4.31. The van der Waals surface area contributed by atoms with E-state index >= 15 is 0 Å². The number of aliphatic hydroxyl groups is 1. The average molecular weight is 527 g/mol. The fourth-order valence-corrected chi connectivity index (χ4v) is 5.60. The lowest BCUT2D eigenvalue weighted by molar-refractivity contribution is -0.137. The van der Waals surface area contributed by atoms with Crippen molar-refractivity contribution in [2.75, 3.05) is 31.6 Å². The van der Waals surface area contributed by atoms with Gasteiger partial charge < -0.3 is 26.8 Å². The van der Waals surface area contributed by atoms with E-state index in [-0.39, 0.29) is 24.8 Å². The Morgan fingerprint density at radius 3 is 2.64 bits per heavy atom. The minimum absolute atomic E-state index is 0.0600. The number of alkyl halides is 3. The van der Waals surface area contributed by atoms with Crippen LogP contribution in [0.2, 0.25) is 0 Å². The highest BCUT2D eigenvalue weighted by Gasteiger charge is 2.41. The van der Waals surface area contributed by atoms with Gasteiger partial charge in [0.05, 0.1) is 29.7 Å². The molecular weight excluding hydrogens is 497 g/mol. The van der Waals surface area contributed by atoms with Gasteiger partial charge in [-0.15, -0.1) is 0 Å². The molecular formula is C23H29F3N6O3S. The van der Waals surface area contributed by atoms with E-state index in [0.717, 1.165) is 35.9 Å². The summed E-state index contributed by atoms with van der Waals surface area (Å²) in [7, 11) is 0. The lowest BCUT2D eigenvalue weighted by Gasteiger charge is -2.48. The molecule has 0 atom stereocenters. The van der Waals surface area contributed by atoms with Crippen molar-refractivity contribution < 1.29 is 27.9 Å². The minimum Gasteiger partial charge on any atom is -0.384 e. The van der Waals surface area contributed by atoms with Gasteiger partial charge in [0, 0.05) is 30.9 Å². The molecule has 0 radical (unpaired) electrons. The van der Waals surface area contributed by atoms with Crippen LogP contribution in [0.15, 0.2) is 30.5 Å². The van der Waals surface area contributed by atoms with Crippen molar-refractivity contribution in [3.63, 3.8) is 0 Å². The quantitative estimate of drug-likeness (QED) is 0.332. The number of nitrogens with two attached hydrogens (primary N) is 1. The van der Waals surface area contributed by atoms with Crippen LogP contribution in [0.3, 0.4) is 0 Å². The molecule has 2 aromatic rings. The van der Waals surface area contributed by atoms with Crippen molar-refractivity contribution >= 4 is 28.3 Å². The summed E-state index contributed by atoms with van der Waals surface area (Å²) in [5.74, 6) is -1.14. The lowest BCUT2D eigenvalue weighted by atomic mass is 9.80. The number of hydrogen-bond acceptors (Lipinski definition) is 8. The van der Waals surface area contributed by atoms with Crippen LogP contribution in [-0.4, -0.2) is 65.2 Å². The molecule has 1 saturated heterocycles. The van der Waals surface area contributed by atoms with E-state index in [1.54, 1.807) is 6.20 Å². The van der Waals surface area contributed by atoms with Crippen molar-refractivity contribution in [1.29, 1.82) is 0 Å². The zero-order chi connectivity index (χ0) is 25.9. The fourth-order valence-electron chi connectivity index (χ4n) is 4.63. The maximum Gasteiger partial charge on any atom is 0.416 e. The van der Waals surface area contributed by atoms with E-state index in [4.69, 9.17) is 5.73 Å². The van der Waals surface area contributed by atoms with Gasteiger partial charge in [-0.05, 0) is 43.9 Å². The van der Waals surface area contributed by atoms with Gasteiger partial charge in [0.2, 0.25) is 5.91 Å². The Kier molecular flexibility index (Phi) is 7.83. The van der Waals surface area contributed by atoms with Gasteiger partial charge in [0.1, 0.15) is 5.60 Å².